The number of aromatic nitrogens is 2. The molecule has 1 aromatic heterocycles. The molecule has 0 saturated heterocycles. The number of nitrogens with zero attached hydrogens (tertiary/aromatic N) is 3. The topological polar surface area (TPSA) is 71.9 Å². The van der Waals surface area contributed by atoms with Crippen LogP contribution in [-0.4, -0.2) is 29.8 Å². The van der Waals surface area contributed by atoms with E-state index in [1.165, 1.54) is 0 Å². The van der Waals surface area contributed by atoms with Gasteiger partial charge in [0, 0.05) is 19.3 Å². The van der Waals surface area contributed by atoms with Crippen LogP contribution in [0.2, 0.25) is 0 Å². The summed E-state index contributed by atoms with van der Waals surface area (Å²) < 4.78 is 32.9. The Morgan fingerprint density at radius 3 is 2.94 bits per heavy atom. The molecule has 0 aliphatic rings. The lowest BCUT2D eigenvalue weighted by Gasteiger charge is -1.99. The smallest absolute Gasteiger partial charge is 0.261 e. The molecule has 16 heavy (non-hydrogen) atoms. The molecular weight excluding hydrogens is 220 g/mol. The van der Waals surface area contributed by atoms with Crippen LogP contribution >= 0.6 is 0 Å². The summed E-state index contributed by atoms with van der Waals surface area (Å²) in [5.74, 6) is 0.785. The van der Waals surface area contributed by atoms with Gasteiger partial charge in [0.25, 0.3) is 6.43 Å². The van der Waals surface area contributed by atoms with Crippen molar-refractivity contribution >= 4 is 0 Å². The van der Waals surface area contributed by atoms with Gasteiger partial charge in [0.2, 0.25) is 5.89 Å². The second kappa shape index (κ2) is 6.85. The number of hydrogen-bond acceptors (Lipinski definition) is 5. The highest BCUT2D eigenvalue weighted by molar-refractivity contribution is 4.89. The van der Waals surface area contributed by atoms with Gasteiger partial charge in [0.1, 0.15) is 6.61 Å². The van der Waals surface area contributed by atoms with E-state index in [9.17, 15) is 8.78 Å². The molecule has 0 aliphatic carbocycles. The standard InChI is InChI=1S/C9H11F2N3O2/c10-7(11)6-15-5-3-8-13-9(16-14-8)2-1-4-12/h7H,1-3,5-6H2. The fourth-order valence-electron chi connectivity index (χ4n) is 0.992. The molecule has 1 aromatic rings. The molecule has 0 spiro atoms. The van der Waals surface area contributed by atoms with Crippen LogP contribution in [-0.2, 0) is 17.6 Å². The molecule has 0 N–H and O–H groups in total. The van der Waals surface area contributed by atoms with Crippen LogP contribution in [0.3, 0.4) is 0 Å². The van der Waals surface area contributed by atoms with E-state index >= 15 is 0 Å². The first kappa shape index (κ1) is 12.5. The Morgan fingerprint density at radius 1 is 1.44 bits per heavy atom. The van der Waals surface area contributed by atoms with Crippen molar-refractivity contribution in [1.29, 1.82) is 5.26 Å². The van der Waals surface area contributed by atoms with Crippen molar-refractivity contribution in [1.82, 2.24) is 10.1 Å². The molecule has 0 atom stereocenters. The van der Waals surface area contributed by atoms with Gasteiger partial charge in [-0.15, -0.1) is 0 Å². The normalized spacial score (nSPS) is 10.6. The maximum absolute atomic E-state index is 11.7. The minimum absolute atomic E-state index is 0.127. The Balaban J connectivity index is 2.22. The van der Waals surface area contributed by atoms with Crippen molar-refractivity contribution in [2.24, 2.45) is 0 Å². The lowest BCUT2D eigenvalue weighted by atomic mass is 10.3. The molecule has 0 radical (unpaired) electrons. The van der Waals surface area contributed by atoms with Gasteiger partial charge in [-0.25, -0.2) is 8.78 Å². The van der Waals surface area contributed by atoms with Gasteiger partial charge in [-0.05, 0) is 0 Å². The third kappa shape index (κ3) is 4.79. The fraction of sp³-hybridized carbons (Fsp3) is 0.667. The molecule has 1 heterocycles. The Hall–Kier alpha value is -1.55. The SMILES string of the molecule is N#CCCc1nc(CCOCC(F)F)no1. The van der Waals surface area contributed by atoms with Gasteiger partial charge in [-0.2, -0.15) is 10.2 Å². The summed E-state index contributed by atoms with van der Waals surface area (Å²) in [5.41, 5.74) is 0. The highest BCUT2D eigenvalue weighted by Crippen LogP contribution is 2.01. The predicted octanol–water partition coefficient (Wildman–Crippen LogP) is 1.35. The highest BCUT2D eigenvalue weighted by atomic mass is 19.3. The van der Waals surface area contributed by atoms with Crippen LogP contribution in [0.5, 0.6) is 0 Å². The van der Waals surface area contributed by atoms with Gasteiger partial charge in [-0.3, -0.25) is 0 Å². The molecule has 88 valence electrons. The second-order valence-electron chi connectivity index (χ2n) is 2.98. The number of rotatable bonds is 7. The summed E-state index contributed by atoms with van der Waals surface area (Å²) in [5, 5.41) is 12.0. The van der Waals surface area contributed by atoms with E-state index in [4.69, 9.17) is 9.78 Å². The van der Waals surface area contributed by atoms with Crippen LogP contribution in [0.1, 0.15) is 18.1 Å². The number of hydrogen-bond donors (Lipinski definition) is 0. The van der Waals surface area contributed by atoms with Crippen molar-refractivity contribution < 1.29 is 18.0 Å². The molecular formula is C9H11F2N3O2. The number of aryl methyl sites for hydroxylation is 1. The van der Waals surface area contributed by atoms with Crippen LogP contribution in [0, 0.1) is 11.3 Å². The molecule has 0 bridgehead atoms. The molecule has 0 saturated carbocycles. The van der Waals surface area contributed by atoms with Crippen LogP contribution in [0.4, 0.5) is 8.78 Å². The number of alkyl halides is 2. The summed E-state index contributed by atoms with van der Waals surface area (Å²) in [6.07, 6.45) is -1.43. The van der Waals surface area contributed by atoms with E-state index in [1.54, 1.807) is 0 Å². The minimum Gasteiger partial charge on any atom is -0.375 e. The van der Waals surface area contributed by atoms with Gasteiger partial charge in [-0.1, -0.05) is 5.16 Å². The summed E-state index contributed by atoms with van der Waals surface area (Å²) in [7, 11) is 0. The Kier molecular flexibility index (Phi) is 5.36. The summed E-state index contributed by atoms with van der Waals surface area (Å²) >= 11 is 0. The molecule has 0 aliphatic heterocycles. The summed E-state index contributed by atoms with van der Waals surface area (Å²) in [4.78, 5) is 3.97. The van der Waals surface area contributed by atoms with Crippen LogP contribution < -0.4 is 0 Å². The first-order valence-corrected chi connectivity index (χ1v) is 4.76. The molecule has 0 amide bonds. The zero-order valence-electron chi connectivity index (χ0n) is 8.53. The molecule has 7 heteroatoms. The van der Waals surface area contributed by atoms with Crippen molar-refractivity contribution in [2.45, 2.75) is 25.7 Å². The van der Waals surface area contributed by atoms with Gasteiger partial charge in [0.15, 0.2) is 5.82 Å². The molecule has 0 aromatic carbocycles. The van der Waals surface area contributed by atoms with Gasteiger partial charge < -0.3 is 9.26 Å². The number of nitriles is 1. The summed E-state index contributed by atoms with van der Waals surface area (Å²) in [6, 6.07) is 1.95. The van der Waals surface area contributed by atoms with E-state index in [0.29, 0.717) is 31.0 Å². The van der Waals surface area contributed by atoms with E-state index in [0.717, 1.165) is 0 Å². The van der Waals surface area contributed by atoms with E-state index in [2.05, 4.69) is 14.9 Å². The largest absolute Gasteiger partial charge is 0.375 e. The van der Waals surface area contributed by atoms with E-state index in [1.807, 2.05) is 6.07 Å². The van der Waals surface area contributed by atoms with Crippen molar-refractivity contribution in [3.8, 4) is 6.07 Å². The molecule has 0 unspecified atom stereocenters. The summed E-state index contributed by atoms with van der Waals surface area (Å²) in [6.45, 7) is -0.458. The van der Waals surface area contributed by atoms with Gasteiger partial charge >= 0.3 is 0 Å². The predicted molar refractivity (Wildman–Crippen MR) is 48.8 cm³/mol. The van der Waals surface area contributed by atoms with Crippen molar-refractivity contribution in [3.63, 3.8) is 0 Å². The average molecular weight is 231 g/mol. The quantitative estimate of drug-likeness (QED) is 0.662. The molecule has 1 rings (SSSR count). The third-order valence-corrected chi connectivity index (χ3v) is 1.67. The Morgan fingerprint density at radius 2 is 2.25 bits per heavy atom. The maximum atomic E-state index is 11.7. The Bertz CT molecular complexity index is 349. The number of halogens is 2. The molecule has 5 nitrogen and oxygen atoms in total. The zero-order chi connectivity index (χ0) is 11.8. The van der Waals surface area contributed by atoms with Gasteiger partial charge in [0.05, 0.1) is 12.7 Å². The monoisotopic (exact) mass is 231 g/mol. The number of ether oxygens (including phenoxy) is 1. The first-order valence-electron chi connectivity index (χ1n) is 4.76. The lowest BCUT2D eigenvalue weighted by molar-refractivity contribution is 0.0182. The van der Waals surface area contributed by atoms with Crippen molar-refractivity contribution in [2.75, 3.05) is 13.2 Å². The fourth-order valence-corrected chi connectivity index (χ4v) is 0.992. The van der Waals surface area contributed by atoms with E-state index < -0.39 is 13.0 Å². The Labute approximate surface area is 91.0 Å². The lowest BCUT2D eigenvalue weighted by Crippen LogP contribution is -2.07. The van der Waals surface area contributed by atoms with Crippen molar-refractivity contribution in [3.05, 3.63) is 11.7 Å². The third-order valence-electron chi connectivity index (χ3n) is 1.67. The van der Waals surface area contributed by atoms with E-state index in [-0.39, 0.29) is 6.61 Å². The molecule has 0 fully saturated rings. The van der Waals surface area contributed by atoms with Crippen LogP contribution in [0.25, 0.3) is 0 Å². The highest BCUT2D eigenvalue weighted by Gasteiger charge is 2.07. The first-order chi connectivity index (χ1) is 7.72. The second-order valence-corrected chi connectivity index (χ2v) is 2.98. The van der Waals surface area contributed by atoms with Crippen LogP contribution in [0.15, 0.2) is 4.52 Å². The average Bonchev–Trinajstić information content (AvgIpc) is 2.69. The maximum Gasteiger partial charge on any atom is 0.261 e. The zero-order valence-corrected chi connectivity index (χ0v) is 8.53. The minimum atomic E-state index is -2.46.